The van der Waals surface area contributed by atoms with Crippen LogP contribution in [0.4, 0.5) is 5.82 Å². The molecule has 8 nitrogen and oxygen atoms in total. The SMILES string of the molecule is CCS(=O)(=O)N[C@@H]1CO[C@@]2(CCCN(c3ncccc3C(=O)N3CCCC3)C2)C1. The fourth-order valence-corrected chi connectivity index (χ4v) is 5.55. The number of hydrogen-bond donors (Lipinski definition) is 1. The molecular formula is C20H30N4O4S. The van der Waals surface area contributed by atoms with Crippen LogP contribution in [0.25, 0.3) is 0 Å². The van der Waals surface area contributed by atoms with E-state index < -0.39 is 15.6 Å². The average molecular weight is 423 g/mol. The van der Waals surface area contributed by atoms with Crippen LogP contribution in [0, 0.1) is 0 Å². The van der Waals surface area contributed by atoms with Crippen molar-refractivity contribution in [2.45, 2.75) is 50.7 Å². The second-order valence-electron chi connectivity index (χ2n) is 8.32. The first-order valence-corrected chi connectivity index (χ1v) is 12.2. The molecule has 1 aromatic heterocycles. The van der Waals surface area contributed by atoms with Crippen LogP contribution in [0.15, 0.2) is 18.3 Å². The fraction of sp³-hybridized carbons (Fsp3) is 0.700. The molecule has 1 amide bonds. The molecule has 0 saturated carbocycles. The van der Waals surface area contributed by atoms with Gasteiger partial charge in [0.05, 0.1) is 23.5 Å². The number of rotatable bonds is 5. The van der Waals surface area contributed by atoms with Gasteiger partial charge in [-0.2, -0.15) is 0 Å². The zero-order valence-electron chi connectivity index (χ0n) is 17.0. The lowest BCUT2D eigenvalue weighted by molar-refractivity contribution is -0.00674. The van der Waals surface area contributed by atoms with Crippen molar-refractivity contribution >= 4 is 21.7 Å². The monoisotopic (exact) mass is 422 g/mol. The van der Waals surface area contributed by atoms with Crippen LogP contribution in [0.3, 0.4) is 0 Å². The molecule has 2 atom stereocenters. The van der Waals surface area contributed by atoms with Crippen LogP contribution >= 0.6 is 0 Å². The molecule has 0 aromatic carbocycles. The van der Waals surface area contributed by atoms with Crippen molar-refractivity contribution in [3.63, 3.8) is 0 Å². The highest BCUT2D eigenvalue weighted by molar-refractivity contribution is 7.89. The lowest BCUT2D eigenvalue weighted by Gasteiger charge is -2.41. The minimum atomic E-state index is -3.26. The van der Waals surface area contributed by atoms with Crippen molar-refractivity contribution in [1.29, 1.82) is 0 Å². The Balaban J connectivity index is 1.50. The number of hydrogen-bond acceptors (Lipinski definition) is 6. The lowest BCUT2D eigenvalue weighted by Crippen LogP contribution is -2.49. The number of piperidine rings is 1. The smallest absolute Gasteiger partial charge is 0.257 e. The number of sulfonamides is 1. The molecule has 3 fully saturated rings. The van der Waals surface area contributed by atoms with E-state index in [9.17, 15) is 13.2 Å². The van der Waals surface area contributed by atoms with E-state index in [2.05, 4.69) is 14.6 Å². The maximum absolute atomic E-state index is 13.0. The lowest BCUT2D eigenvalue weighted by atomic mass is 9.88. The van der Waals surface area contributed by atoms with Gasteiger partial charge in [0.25, 0.3) is 5.91 Å². The molecule has 4 rings (SSSR count). The van der Waals surface area contributed by atoms with Crippen molar-refractivity contribution in [3.8, 4) is 0 Å². The Morgan fingerprint density at radius 2 is 2.10 bits per heavy atom. The third-order valence-corrected chi connectivity index (χ3v) is 7.64. The predicted molar refractivity (Wildman–Crippen MR) is 111 cm³/mol. The summed E-state index contributed by atoms with van der Waals surface area (Å²) < 4.78 is 32.8. The molecule has 0 bridgehead atoms. The molecule has 3 saturated heterocycles. The summed E-state index contributed by atoms with van der Waals surface area (Å²) >= 11 is 0. The number of aromatic nitrogens is 1. The Bertz CT molecular complexity index is 856. The number of nitrogens with one attached hydrogen (secondary N) is 1. The Kier molecular flexibility index (Phi) is 5.81. The Morgan fingerprint density at radius 3 is 2.86 bits per heavy atom. The molecule has 1 N–H and O–H groups in total. The van der Waals surface area contributed by atoms with E-state index >= 15 is 0 Å². The molecule has 4 heterocycles. The van der Waals surface area contributed by atoms with Crippen LogP contribution in [0.5, 0.6) is 0 Å². The van der Waals surface area contributed by atoms with Gasteiger partial charge in [-0.1, -0.05) is 0 Å². The van der Waals surface area contributed by atoms with E-state index in [0.29, 0.717) is 31.0 Å². The molecule has 1 aromatic rings. The average Bonchev–Trinajstić information content (AvgIpc) is 3.38. The molecule has 0 aliphatic carbocycles. The van der Waals surface area contributed by atoms with E-state index in [1.54, 1.807) is 13.1 Å². The van der Waals surface area contributed by atoms with Crippen LogP contribution in [-0.2, 0) is 14.8 Å². The van der Waals surface area contributed by atoms with E-state index in [1.807, 2.05) is 17.0 Å². The van der Waals surface area contributed by atoms with Gasteiger partial charge in [0.1, 0.15) is 5.82 Å². The standard InChI is InChI=1S/C20H30N4O4S/c1-2-29(26,27)22-16-13-20(28-14-16)8-6-12-24(15-20)18-17(7-5-9-21-18)19(25)23-10-3-4-11-23/h5,7,9,16,22H,2-4,6,8,10-15H2,1H3/t16-,20-/m0/s1. The molecular weight excluding hydrogens is 392 g/mol. The van der Waals surface area contributed by atoms with E-state index in [-0.39, 0.29) is 17.7 Å². The van der Waals surface area contributed by atoms with Gasteiger partial charge in [0.15, 0.2) is 0 Å². The predicted octanol–water partition coefficient (Wildman–Crippen LogP) is 1.38. The van der Waals surface area contributed by atoms with Gasteiger partial charge in [-0.25, -0.2) is 18.1 Å². The summed E-state index contributed by atoms with van der Waals surface area (Å²) in [6.07, 6.45) is 6.28. The number of ether oxygens (including phenoxy) is 1. The first-order chi connectivity index (χ1) is 13.9. The van der Waals surface area contributed by atoms with E-state index in [0.717, 1.165) is 45.3 Å². The van der Waals surface area contributed by atoms with Crippen molar-refractivity contribution < 1.29 is 17.9 Å². The Labute approximate surface area is 172 Å². The molecule has 0 radical (unpaired) electrons. The zero-order valence-corrected chi connectivity index (χ0v) is 17.8. The minimum Gasteiger partial charge on any atom is -0.371 e. The van der Waals surface area contributed by atoms with Gasteiger partial charge in [0.2, 0.25) is 10.0 Å². The van der Waals surface area contributed by atoms with Gasteiger partial charge >= 0.3 is 0 Å². The number of carbonyl (C=O) groups is 1. The van der Waals surface area contributed by atoms with Crippen molar-refractivity contribution in [1.82, 2.24) is 14.6 Å². The molecule has 3 aliphatic rings. The molecule has 1 spiro atoms. The number of pyridine rings is 1. The minimum absolute atomic E-state index is 0.0474. The van der Waals surface area contributed by atoms with E-state index in [4.69, 9.17) is 4.74 Å². The number of nitrogens with zero attached hydrogens (tertiary/aromatic N) is 3. The highest BCUT2D eigenvalue weighted by atomic mass is 32.2. The van der Waals surface area contributed by atoms with Gasteiger partial charge < -0.3 is 14.5 Å². The fourth-order valence-electron chi connectivity index (χ4n) is 4.73. The summed E-state index contributed by atoms with van der Waals surface area (Å²) in [5, 5.41) is 0. The summed E-state index contributed by atoms with van der Waals surface area (Å²) in [5.41, 5.74) is 0.248. The highest BCUT2D eigenvalue weighted by Gasteiger charge is 2.45. The van der Waals surface area contributed by atoms with Gasteiger partial charge in [-0.3, -0.25) is 4.79 Å². The van der Waals surface area contributed by atoms with Crippen LogP contribution in [0.2, 0.25) is 0 Å². The first kappa shape index (κ1) is 20.6. The maximum Gasteiger partial charge on any atom is 0.257 e. The topological polar surface area (TPSA) is 91.8 Å². The molecule has 160 valence electrons. The van der Waals surface area contributed by atoms with Gasteiger partial charge in [0, 0.05) is 38.4 Å². The number of anilines is 1. The van der Waals surface area contributed by atoms with E-state index in [1.165, 1.54) is 0 Å². The van der Waals surface area contributed by atoms with Crippen LogP contribution < -0.4 is 9.62 Å². The maximum atomic E-state index is 13.0. The summed E-state index contributed by atoms with van der Waals surface area (Å²) in [6.45, 7) is 5.06. The third-order valence-electron chi connectivity index (χ3n) is 6.18. The Hall–Kier alpha value is -1.71. The van der Waals surface area contributed by atoms with Gasteiger partial charge in [-0.15, -0.1) is 0 Å². The van der Waals surface area contributed by atoms with Gasteiger partial charge in [-0.05, 0) is 51.2 Å². The quantitative estimate of drug-likeness (QED) is 0.771. The van der Waals surface area contributed by atoms with Crippen molar-refractivity contribution in [3.05, 3.63) is 23.9 Å². The summed E-state index contributed by atoms with van der Waals surface area (Å²) in [7, 11) is -3.26. The highest BCUT2D eigenvalue weighted by Crippen LogP contribution is 2.37. The Morgan fingerprint density at radius 1 is 1.31 bits per heavy atom. The zero-order chi connectivity index (χ0) is 20.5. The number of carbonyl (C=O) groups excluding carboxylic acids is 1. The first-order valence-electron chi connectivity index (χ1n) is 10.5. The van der Waals surface area contributed by atoms with Crippen molar-refractivity contribution in [2.75, 3.05) is 43.4 Å². The number of amides is 1. The van der Waals surface area contributed by atoms with Crippen molar-refractivity contribution in [2.24, 2.45) is 0 Å². The summed E-state index contributed by atoms with van der Waals surface area (Å²) in [4.78, 5) is 21.6. The second-order valence-corrected chi connectivity index (χ2v) is 10.4. The second kappa shape index (κ2) is 8.20. The van der Waals surface area contributed by atoms with Crippen LogP contribution in [-0.4, -0.2) is 74.4 Å². The summed E-state index contributed by atoms with van der Waals surface area (Å²) in [5.74, 6) is 0.828. The normalized spacial score (nSPS) is 27.7. The summed E-state index contributed by atoms with van der Waals surface area (Å²) in [6, 6.07) is 3.47. The van der Waals surface area contributed by atoms with Crippen LogP contribution in [0.1, 0.15) is 49.4 Å². The largest absolute Gasteiger partial charge is 0.371 e. The molecule has 3 aliphatic heterocycles. The third kappa shape index (κ3) is 4.41. The molecule has 29 heavy (non-hydrogen) atoms. The number of likely N-dealkylation sites (tertiary alicyclic amines) is 1. The molecule has 0 unspecified atom stereocenters. The molecule has 9 heteroatoms.